The molecule has 2 aromatic rings. The summed E-state index contributed by atoms with van der Waals surface area (Å²) in [7, 11) is 1.81. The van der Waals surface area contributed by atoms with Gasteiger partial charge in [0, 0.05) is 18.0 Å². The van der Waals surface area contributed by atoms with E-state index >= 15 is 0 Å². The molecule has 0 aliphatic carbocycles. The van der Waals surface area contributed by atoms with Crippen LogP contribution in [0.4, 0.5) is 0 Å². The van der Waals surface area contributed by atoms with Gasteiger partial charge in [-0.3, -0.25) is 0 Å². The lowest BCUT2D eigenvalue weighted by molar-refractivity contribution is 0.428. The predicted molar refractivity (Wildman–Crippen MR) is 71.0 cm³/mol. The van der Waals surface area contributed by atoms with Gasteiger partial charge in [-0.15, -0.1) is 11.8 Å². The predicted octanol–water partition coefficient (Wildman–Crippen LogP) is 3.11. The van der Waals surface area contributed by atoms with Gasteiger partial charge in [0.05, 0.1) is 5.69 Å². The van der Waals surface area contributed by atoms with Gasteiger partial charge < -0.3 is 4.74 Å². The normalized spacial score (nSPS) is 10.1. The van der Waals surface area contributed by atoms with Crippen LogP contribution < -0.4 is 4.74 Å². The van der Waals surface area contributed by atoms with Gasteiger partial charge in [0.2, 0.25) is 5.88 Å². The van der Waals surface area contributed by atoms with Crippen LogP contribution in [0.2, 0.25) is 0 Å². The SMILES string of the molecule is CSc1cccc(Oc2cc(C)nn2C)c1C#N. The molecule has 0 bridgehead atoms. The van der Waals surface area contributed by atoms with Crippen molar-refractivity contribution in [2.75, 3.05) is 6.26 Å². The summed E-state index contributed by atoms with van der Waals surface area (Å²) in [4.78, 5) is 0.911. The molecule has 0 aliphatic heterocycles. The Bertz CT molecular complexity index is 613. The lowest BCUT2D eigenvalue weighted by Crippen LogP contribution is -1.97. The van der Waals surface area contributed by atoms with E-state index in [0.717, 1.165) is 10.6 Å². The maximum Gasteiger partial charge on any atom is 0.217 e. The molecule has 4 nitrogen and oxygen atoms in total. The number of benzene rings is 1. The number of hydrogen-bond donors (Lipinski definition) is 0. The second-order valence-electron chi connectivity index (χ2n) is 3.79. The quantitative estimate of drug-likeness (QED) is 0.795. The maximum atomic E-state index is 9.22. The summed E-state index contributed by atoms with van der Waals surface area (Å²) in [6, 6.07) is 9.61. The number of ether oxygens (including phenoxy) is 1. The van der Waals surface area contributed by atoms with Crippen LogP contribution in [0.15, 0.2) is 29.2 Å². The number of rotatable bonds is 3. The summed E-state index contributed by atoms with van der Waals surface area (Å²) in [5, 5.41) is 13.4. The Labute approximate surface area is 110 Å². The number of nitrogens with zero attached hydrogens (tertiary/aromatic N) is 3. The lowest BCUT2D eigenvalue weighted by atomic mass is 10.2. The van der Waals surface area contributed by atoms with E-state index < -0.39 is 0 Å². The number of hydrogen-bond acceptors (Lipinski definition) is 4. The largest absolute Gasteiger partial charge is 0.438 e. The molecule has 18 heavy (non-hydrogen) atoms. The second kappa shape index (κ2) is 5.15. The van der Waals surface area contributed by atoms with E-state index in [1.165, 1.54) is 11.8 Å². The third kappa shape index (κ3) is 2.34. The minimum Gasteiger partial charge on any atom is -0.438 e. The van der Waals surface area contributed by atoms with E-state index in [2.05, 4.69) is 11.2 Å². The number of aromatic nitrogens is 2. The van der Waals surface area contributed by atoms with Crippen LogP contribution in [0.25, 0.3) is 0 Å². The van der Waals surface area contributed by atoms with Crippen LogP contribution in [-0.4, -0.2) is 16.0 Å². The first kappa shape index (κ1) is 12.5. The highest BCUT2D eigenvalue weighted by Gasteiger charge is 2.11. The van der Waals surface area contributed by atoms with Crippen molar-refractivity contribution in [2.24, 2.45) is 7.05 Å². The van der Waals surface area contributed by atoms with Gasteiger partial charge in [-0.25, -0.2) is 4.68 Å². The minimum atomic E-state index is 0.559. The van der Waals surface area contributed by atoms with Crippen LogP contribution >= 0.6 is 11.8 Å². The van der Waals surface area contributed by atoms with Crippen molar-refractivity contribution in [3.8, 4) is 17.7 Å². The monoisotopic (exact) mass is 259 g/mol. The third-order valence-electron chi connectivity index (χ3n) is 2.49. The Morgan fingerprint density at radius 2 is 2.22 bits per heavy atom. The molecular weight excluding hydrogens is 246 g/mol. The van der Waals surface area contributed by atoms with E-state index in [4.69, 9.17) is 4.74 Å². The van der Waals surface area contributed by atoms with Crippen molar-refractivity contribution in [3.05, 3.63) is 35.5 Å². The molecule has 0 unspecified atom stereocenters. The van der Waals surface area contributed by atoms with Gasteiger partial charge in [0.1, 0.15) is 17.4 Å². The highest BCUT2D eigenvalue weighted by atomic mass is 32.2. The molecule has 92 valence electrons. The van der Waals surface area contributed by atoms with Gasteiger partial charge in [-0.2, -0.15) is 10.4 Å². The molecule has 0 radical (unpaired) electrons. The average molecular weight is 259 g/mol. The second-order valence-corrected chi connectivity index (χ2v) is 4.64. The number of aryl methyl sites for hydroxylation is 2. The maximum absolute atomic E-state index is 9.22. The highest BCUT2D eigenvalue weighted by molar-refractivity contribution is 7.98. The number of thioether (sulfide) groups is 1. The first-order valence-corrected chi connectivity index (χ1v) is 6.63. The molecular formula is C13H13N3OS. The Balaban J connectivity index is 2.41. The van der Waals surface area contributed by atoms with Crippen LogP contribution in [0.5, 0.6) is 11.6 Å². The van der Waals surface area contributed by atoms with Crippen LogP contribution in [-0.2, 0) is 7.05 Å². The molecule has 0 atom stereocenters. The molecule has 0 saturated carbocycles. The summed E-state index contributed by atoms with van der Waals surface area (Å²) in [6.45, 7) is 1.90. The zero-order valence-electron chi connectivity index (χ0n) is 10.5. The van der Waals surface area contributed by atoms with E-state index in [0.29, 0.717) is 17.2 Å². The highest BCUT2D eigenvalue weighted by Crippen LogP contribution is 2.31. The molecule has 5 heteroatoms. The smallest absolute Gasteiger partial charge is 0.217 e. The van der Waals surface area contributed by atoms with Crippen LogP contribution in [0.1, 0.15) is 11.3 Å². The molecule has 0 N–H and O–H groups in total. The van der Waals surface area contributed by atoms with Crippen molar-refractivity contribution in [1.29, 1.82) is 5.26 Å². The van der Waals surface area contributed by atoms with Crippen molar-refractivity contribution in [3.63, 3.8) is 0 Å². The molecule has 1 aromatic heterocycles. The van der Waals surface area contributed by atoms with Gasteiger partial charge in [0.15, 0.2) is 0 Å². The van der Waals surface area contributed by atoms with E-state index in [1.807, 2.05) is 38.4 Å². The Morgan fingerprint density at radius 1 is 1.44 bits per heavy atom. The van der Waals surface area contributed by atoms with Crippen molar-refractivity contribution in [2.45, 2.75) is 11.8 Å². The fourth-order valence-corrected chi connectivity index (χ4v) is 2.24. The van der Waals surface area contributed by atoms with E-state index in [9.17, 15) is 5.26 Å². The van der Waals surface area contributed by atoms with Gasteiger partial charge in [-0.1, -0.05) is 6.07 Å². The summed E-state index contributed by atoms with van der Waals surface area (Å²) < 4.78 is 7.41. The topological polar surface area (TPSA) is 50.8 Å². The molecule has 1 heterocycles. The third-order valence-corrected chi connectivity index (χ3v) is 3.27. The molecule has 0 saturated heterocycles. The molecule has 0 amide bonds. The molecule has 0 aliphatic rings. The summed E-state index contributed by atoms with van der Waals surface area (Å²) in [5.74, 6) is 1.19. The number of nitriles is 1. The first-order valence-electron chi connectivity index (χ1n) is 5.41. The molecule has 0 fully saturated rings. The van der Waals surface area contributed by atoms with E-state index in [-0.39, 0.29) is 0 Å². The van der Waals surface area contributed by atoms with E-state index in [1.54, 1.807) is 10.7 Å². The standard InChI is InChI=1S/C13H13N3OS/c1-9-7-13(16(2)15-9)17-11-5-4-6-12(18-3)10(11)8-14/h4-7H,1-3H3. The fraction of sp³-hybridized carbons (Fsp3) is 0.231. The Hall–Kier alpha value is -1.93. The summed E-state index contributed by atoms with van der Waals surface area (Å²) >= 11 is 1.53. The van der Waals surface area contributed by atoms with Crippen molar-refractivity contribution >= 4 is 11.8 Å². The Morgan fingerprint density at radius 3 is 2.78 bits per heavy atom. The zero-order chi connectivity index (χ0) is 13.1. The zero-order valence-corrected chi connectivity index (χ0v) is 11.3. The summed E-state index contributed by atoms with van der Waals surface area (Å²) in [5.41, 5.74) is 1.44. The Kier molecular flexibility index (Phi) is 3.58. The first-order chi connectivity index (χ1) is 8.65. The molecule has 2 rings (SSSR count). The van der Waals surface area contributed by atoms with Gasteiger partial charge in [0.25, 0.3) is 0 Å². The average Bonchev–Trinajstić information content (AvgIpc) is 2.67. The minimum absolute atomic E-state index is 0.559. The summed E-state index contributed by atoms with van der Waals surface area (Å²) in [6.07, 6.45) is 1.94. The van der Waals surface area contributed by atoms with Crippen LogP contribution in [0.3, 0.4) is 0 Å². The van der Waals surface area contributed by atoms with Crippen molar-refractivity contribution < 1.29 is 4.74 Å². The van der Waals surface area contributed by atoms with Crippen molar-refractivity contribution in [1.82, 2.24) is 9.78 Å². The lowest BCUT2D eigenvalue weighted by Gasteiger charge is -2.09. The fourth-order valence-electron chi connectivity index (χ4n) is 1.67. The molecule has 0 spiro atoms. The van der Waals surface area contributed by atoms with Crippen LogP contribution in [0, 0.1) is 18.3 Å². The molecule has 1 aromatic carbocycles. The van der Waals surface area contributed by atoms with Gasteiger partial charge in [-0.05, 0) is 25.3 Å². The van der Waals surface area contributed by atoms with Gasteiger partial charge >= 0.3 is 0 Å².